The van der Waals surface area contributed by atoms with Gasteiger partial charge in [-0.25, -0.2) is 0 Å². The first-order chi connectivity index (χ1) is 8.00. The number of nitrogen functional groups attached to an aromatic ring is 1. The Kier molecular flexibility index (Phi) is 5.10. The lowest BCUT2D eigenvalue weighted by Crippen LogP contribution is -2.16. The molecule has 17 heavy (non-hydrogen) atoms. The molecule has 0 aliphatic carbocycles. The zero-order valence-electron chi connectivity index (χ0n) is 11.2. The van der Waals surface area contributed by atoms with Crippen molar-refractivity contribution in [2.45, 2.75) is 6.42 Å². The van der Waals surface area contributed by atoms with Gasteiger partial charge in [0.2, 0.25) is 0 Å². The van der Waals surface area contributed by atoms with Gasteiger partial charge < -0.3 is 20.3 Å². The molecule has 0 saturated carbocycles. The highest BCUT2D eigenvalue weighted by Crippen LogP contribution is 2.26. The minimum absolute atomic E-state index is 0.694. The van der Waals surface area contributed by atoms with Crippen LogP contribution in [0.15, 0.2) is 18.2 Å². The minimum Gasteiger partial charge on any atom is -0.491 e. The number of hydrogen-bond donors (Lipinski definition) is 1. The van der Waals surface area contributed by atoms with Crippen LogP contribution in [0.4, 0.5) is 11.4 Å². The van der Waals surface area contributed by atoms with Gasteiger partial charge in [-0.05, 0) is 32.6 Å². The van der Waals surface area contributed by atoms with Crippen LogP contribution in [0.5, 0.6) is 5.75 Å². The molecule has 0 heterocycles. The molecule has 0 atom stereocenters. The largest absolute Gasteiger partial charge is 0.491 e. The summed E-state index contributed by atoms with van der Waals surface area (Å²) >= 11 is 0. The van der Waals surface area contributed by atoms with Crippen LogP contribution in [-0.2, 0) is 0 Å². The molecule has 1 rings (SSSR count). The number of benzene rings is 1. The van der Waals surface area contributed by atoms with Crippen molar-refractivity contribution in [3.8, 4) is 5.75 Å². The van der Waals surface area contributed by atoms with Crippen molar-refractivity contribution in [1.29, 1.82) is 0 Å². The molecule has 0 spiro atoms. The van der Waals surface area contributed by atoms with E-state index in [0.717, 1.165) is 24.4 Å². The predicted octanol–water partition coefficient (Wildman–Crippen LogP) is 1.67. The summed E-state index contributed by atoms with van der Waals surface area (Å²) in [6.45, 7) is 1.71. The van der Waals surface area contributed by atoms with Gasteiger partial charge in [0.1, 0.15) is 5.75 Å². The second-order valence-electron chi connectivity index (χ2n) is 4.62. The van der Waals surface area contributed by atoms with Gasteiger partial charge in [0, 0.05) is 32.4 Å². The van der Waals surface area contributed by atoms with Gasteiger partial charge in [-0.3, -0.25) is 0 Å². The first-order valence-electron chi connectivity index (χ1n) is 5.85. The highest BCUT2D eigenvalue weighted by atomic mass is 16.5. The van der Waals surface area contributed by atoms with E-state index >= 15 is 0 Å². The molecule has 96 valence electrons. The Morgan fingerprint density at radius 1 is 1.18 bits per heavy atom. The van der Waals surface area contributed by atoms with Crippen LogP contribution >= 0.6 is 0 Å². The Morgan fingerprint density at radius 2 is 1.88 bits per heavy atom. The number of anilines is 2. The molecule has 1 aromatic rings. The summed E-state index contributed by atoms with van der Waals surface area (Å²) in [6.07, 6.45) is 0.999. The fourth-order valence-corrected chi connectivity index (χ4v) is 1.49. The fourth-order valence-electron chi connectivity index (χ4n) is 1.49. The Labute approximate surface area is 104 Å². The van der Waals surface area contributed by atoms with E-state index in [9.17, 15) is 0 Å². The van der Waals surface area contributed by atoms with Crippen LogP contribution in [0.2, 0.25) is 0 Å². The third-order valence-electron chi connectivity index (χ3n) is 2.52. The van der Waals surface area contributed by atoms with Gasteiger partial charge in [-0.2, -0.15) is 0 Å². The first kappa shape index (κ1) is 13.6. The van der Waals surface area contributed by atoms with E-state index in [2.05, 4.69) is 19.0 Å². The van der Waals surface area contributed by atoms with E-state index in [1.807, 2.05) is 37.2 Å². The van der Waals surface area contributed by atoms with Crippen molar-refractivity contribution < 1.29 is 4.74 Å². The van der Waals surface area contributed by atoms with E-state index in [1.165, 1.54) is 0 Å². The normalized spacial score (nSPS) is 10.6. The second-order valence-corrected chi connectivity index (χ2v) is 4.62. The van der Waals surface area contributed by atoms with Gasteiger partial charge in [0.05, 0.1) is 12.3 Å². The van der Waals surface area contributed by atoms with Crippen LogP contribution in [0.1, 0.15) is 6.42 Å². The second kappa shape index (κ2) is 6.35. The summed E-state index contributed by atoms with van der Waals surface area (Å²) in [5.41, 5.74) is 7.67. The van der Waals surface area contributed by atoms with E-state index < -0.39 is 0 Å². The summed E-state index contributed by atoms with van der Waals surface area (Å²) < 4.78 is 5.70. The molecule has 0 fully saturated rings. The number of nitrogens with zero attached hydrogens (tertiary/aromatic N) is 2. The Bertz CT molecular complexity index is 351. The highest BCUT2D eigenvalue weighted by Gasteiger charge is 2.03. The minimum atomic E-state index is 0.694. The molecule has 4 nitrogen and oxygen atoms in total. The number of nitrogens with two attached hydrogens (primary N) is 1. The Morgan fingerprint density at radius 3 is 2.47 bits per heavy atom. The summed E-state index contributed by atoms with van der Waals surface area (Å²) in [5, 5.41) is 0. The molecule has 0 bridgehead atoms. The molecule has 0 amide bonds. The van der Waals surface area contributed by atoms with Crippen molar-refractivity contribution in [2.24, 2.45) is 0 Å². The lowest BCUT2D eigenvalue weighted by molar-refractivity contribution is 0.283. The molecular formula is C13H23N3O. The van der Waals surface area contributed by atoms with Crippen LogP contribution in [0, 0.1) is 0 Å². The zero-order chi connectivity index (χ0) is 12.8. The average Bonchev–Trinajstić information content (AvgIpc) is 2.25. The Balaban J connectivity index is 2.54. The number of hydrogen-bond acceptors (Lipinski definition) is 4. The SMILES string of the molecule is CN(C)CCCOc1cc(N(C)C)ccc1N. The molecule has 0 radical (unpaired) electrons. The summed E-state index contributed by atoms with van der Waals surface area (Å²) in [5.74, 6) is 0.773. The van der Waals surface area contributed by atoms with E-state index in [1.54, 1.807) is 0 Å². The monoisotopic (exact) mass is 237 g/mol. The van der Waals surface area contributed by atoms with Crippen LogP contribution in [-0.4, -0.2) is 46.2 Å². The number of rotatable bonds is 6. The van der Waals surface area contributed by atoms with Gasteiger partial charge in [0.15, 0.2) is 0 Å². The molecule has 4 heteroatoms. The molecule has 0 aromatic heterocycles. The molecule has 0 unspecified atom stereocenters. The van der Waals surface area contributed by atoms with Crippen LogP contribution < -0.4 is 15.4 Å². The molecule has 2 N–H and O–H groups in total. The predicted molar refractivity (Wildman–Crippen MR) is 73.8 cm³/mol. The summed E-state index contributed by atoms with van der Waals surface area (Å²) in [4.78, 5) is 4.18. The summed E-state index contributed by atoms with van der Waals surface area (Å²) in [7, 11) is 8.12. The lowest BCUT2D eigenvalue weighted by atomic mass is 10.2. The maximum absolute atomic E-state index is 5.88. The fraction of sp³-hybridized carbons (Fsp3) is 0.538. The van der Waals surface area contributed by atoms with Crippen molar-refractivity contribution in [3.63, 3.8) is 0 Å². The molecule has 0 aliphatic heterocycles. The highest BCUT2D eigenvalue weighted by molar-refractivity contribution is 5.61. The molecular weight excluding hydrogens is 214 g/mol. The quantitative estimate of drug-likeness (QED) is 0.603. The van der Waals surface area contributed by atoms with Gasteiger partial charge in [-0.15, -0.1) is 0 Å². The van der Waals surface area contributed by atoms with Gasteiger partial charge in [-0.1, -0.05) is 0 Å². The maximum atomic E-state index is 5.88. The van der Waals surface area contributed by atoms with Crippen LogP contribution in [0.3, 0.4) is 0 Å². The standard InChI is InChI=1S/C13H23N3O/c1-15(2)8-5-9-17-13-10-11(16(3)4)6-7-12(13)14/h6-7,10H,5,8-9,14H2,1-4H3. The third kappa shape index (κ3) is 4.53. The van der Waals surface area contributed by atoms with Crippen molar-refractivity contribution in [2.75, 3.05) is 52.0 Å². The number of ether oxygens (including phenoxy) is 1. The van der Waals surface area contributed by atoms with E-state index in [-0.39, 0.29) is 0 Å². The lowest BCUT2D eigenvalue weighted by Gasteiger charge is -2.16. The van der Waals surface area contributed by atoms with Gasteiger partial charge in [0.25, 0.3) is 0 Å². The molecule has 0 aliphatic rings. The topological polar surface area (TPSA) is 41.7 Å². The molecule has 1 aromatic carbocycles. The Hall–Kier alpha value is -1.42. The van der Waals surface area contributed by atoms with E-state index in [0.29, 0.717) is 12.3 Å². The van der Waals surface area contributed by atoms with Gasteiger partial charge >= 0.3 is 0 Å². The smallest absolute Gasteiger partial charge is 0.144 e. The zero-order valence-corrected chi connectivity index (χ0v) is 11.2. The average molecular weight is 237 g/mol. The van der Waals surface area contributed by atoms with E-state index in [4.69, 9.17) is 10.5 Å². The maximum Gasteiger partial charge on any atom is 0.144 e. The summed E-state index contributed by atoms with van der Waals surface area (Å²) in [6, 6.07) is 5.85. The third-order valence-corrected chi connectivity index (χ3v) is 2.52. The van der Waals surface area contributed by atoms with Crippen molar-refractivity contribution in [3.05, 3.63) is 18.2 Å². The van der Waals surface area contributed by atoms with Crippen molar-refractivity contribution in [1.82, 2.24) is 4.90 Å². The van der Waals surface area contributed by atoms with Crippen molar-refractivity contribution >= 4 is 11.4 Å². The molecule has 0 saturated heterocycles. The first-order valence-corrected chi connectivity index (χ1v) is 5.85. The van der Waals surface area contributed by atoms with Crippen LogP contribution in [0.25, 0.3) is 0 Å².